The van der Waals surface area contributed by atoms with Gasteiger partial charge in [0.2, 0.25) is 11.8 Å². The summed E-state index contributed by atoms with van der Waals surface area (Å²) in [5, 5.41) is 23.8. The highest BCUT2D eigenvalue weighted by Gasteiger charge is 2.60. The summed E-state index contributed by atoms with van der Waals surface area (Å²) in [6.45, 7) is 15.2. The van der Waals surface area contributed by atoms with Crippen molar-refractivity contribution in [2.45, 2.75) is 147 Å². The van der Waals surface area contributed by atoms with Gasteiger partial charge in [0, 0.05) is 35.7 Å². The van der Waals surface area contributed by atoms with Gasteiger partial charge >= 0.3 is 32.1 Å². The van der Waals surface area contributed by atoms with E-state index in [9.17, 15) is 29.4 Å². The summed E-state index contributed by atoms with van der Waals surface area (Å²) < 4.78 is 65.6. The Bertz CT molecular complexity index is 2170. The Morgan fingerprint density at radius 2 is 1.78 bits per heavy atom. The summed E-state index contributed by atoms with van der Waals surface area (Å²) in [6, 6.07) is 3.64. The molecule has 1 unspecified atom stereocenters. The maximum atomic E-state index is 13.4. The van der Waals surface area contributed by atoms with Crippen molar-refractivity contribution in [3.05, 3.63) is 35.3 Å². The van der Waals surface area contributed by atoms with E-state index in [4.69, 9.17) is 52.9 Å². The number of hydrogen-bond donors (Lipinski definition) is 5. The SMILES string of the molecule is CC(C)CNc1nc2c(ncn2[C@@H]2O[C@H](CO)[C@@H](O[Si](O[Si](O)(C(C)C)C(C)C)(C(C)C)C(C)C)[C@H]2O[P@](=S)(OCCC#N)OC[C@H]2C[C@@H](Oc3ccncn3)C[C@@H]2O[P+](=O)O)c(=O)[nH]1. The highest BCUT2D eigenvalue weighted by Crippen LogP contribution is 2.56. The van der Waals surface area contributed by atoms with Gasteiger partial charge in [0.05, 0.1) is 38.6 Å². The third-order valence-corrected chi connectivity index (χ3v) is 24.1. The van der Waals surface area contributed by atoms with Crippen molar-refractivity contribution in [2.75, 3.05) is 31.7 Å². The van der Waals surface area contributed by atoms with Crippen LogP contribution in [0.2, 0.25) is 22.2 Å². The van der Waals surface area contributed by atoms with Crippen LogP contribution in [0, 0.1) is 23.2 Å². The van der Waals surface area contributed by atoms with E-state index in [0.717, 1.165) is 0 Å². The second-order valence-electron chi connectivity index (χ2n) is 18.0. The second kappa shape index (κ2) is 23.1. The van der Waals surface area contributed by atoms with Crippen molar-refractivity contribution in [3.63, 3.8) is 0 Å². The molecule has 1 aliphatic heterocycles. The predicted molar refractivity (Wildman–Crippen MR) is 248 cm³/mol. The van der Waals surface area contributed by atoms with Crippen LogP contribution in [0.1, 0.15) is 94.7 Å². The average molecular weight is 1000 g/mol. The Balaban J connectivity index is 1.61. The molecule has 9 atom stereocenters. The number of H-pyrrole nitrogens is 1. The lowest BCUT2D eigenvalue weighted by Crippen LogP contribution is -2.62. The van der Waals surface area contributed by atoms with Gasteiger partial charge in [-0.1, -0.05) is 69.2 Å². The molecule has 0 bridgehead atoms. The zero-order valence-corrected chi connectivity index (χ0v) is 43.2. The summed E-state index contributed by atoms with van der Waals surface area (Å²) >= 11 is 6.16. The Morgan fingerprint density at radius 3 is 2.37 bits per heavy atom. The van der Waals surface area contributed by atoms with Crippen LogP contribution in [0.3, 0.4) is 0 Å². The molecular formula is C39H65N8O13P2SSi2+. The minimum atomic E-state index is -4.01. The van der Waals surface area contributed by atoms with Crippen LogP contribution in [0.15, 0.2) is 29.7 Å². The highest BCUT2D eigenvalue weighted by atomic mass is 32.5. The number of anilines is 1. The lowest BCUT2D eigenvalue weighted by molar-refractivity contribution is -0.0509. The molecule has 21 nitrogen and oxygen atoms in total. The maximum absolute atomic E-state index is 13.4. The van der Waals surface area contributed by atoms with E-state index < -0.39 is 86.9 Å². The van der Waals surface area contributed by atoms with Crippen molar-refractivity contribution in [1.82, 2.24) is 29.5 Å². The zero-order chi connectivity index (χ0) is 47.9. The topological polar surface area (TPSA) is 277 Å². The molecule has 0 amide bonds. The lowest BCUT2D eigenvalue weighted by atomic mass is 10.1. The molecule has 5 rings (SSSR count). The molecule has 2 fully saturated rings. The summed E-state index contributed by atoms with van der Waals surface area (Å²) in [5.74, 6) is 0.172. The first-order valence-corrected chi connectivity index (χ1v) is 29.6. The lowest BCUT2D eigenvalue weighted by Gasteiger charge is -2.47. The summed E-state index contributed by atoms with van der Waals surface area (Å²) in [6.07, 6.45) is -1.37. The number of ether oxygens (including phenoxy) is 2. The van der Waals surface area contributed by atoms with Gasteiger partial charge in [-0.2, -0.15) is 10.2 Å². The molecule has 0 spiro atoms. The first-order chi connectivity index (χ1) is 30.7. The van der Waals surface area contributed by atoms with Gasteiger partial charge in [-0.15, -0.1) is 9.42 Å². The van der Waals surface area contributed by atoms with Crippen molar-refractivity contribution >= 4 is 61.0 Å². The molecule has 0 radical (unpaired) electrons. The van der Waals surface area contributed by atoms with E-state index in [1.165, 1.54) is 23.4 Å². The van der Waals surface area contributed by atoms with E-state index >= 15 is 0 Å². The van der Waals surface area contributed by atoms with Crippen LogP contribution in [0.5, 0.6) is 5.88 Å². The Morgan fingerprint density at radius 1 is 1.08 bits per heavy atom. The normalized spacial score (nSPS) is 24.1. The zero-order valence-electron chi connectivity index (χ0n) is 38.6. The first kappa shape index (κ1) is 53.3. The molecule has 4 heterocycles. The number of nitrogens with zero attached hydrogens (tertiary/aromatic N) is 6. The third kappa shape index (κ3) is 12.9. The summed E-state index contributed by atoms with van der Waals surface area (Å²) in [4.78, 5) is 55.4. The number of aliphatic hydroxyl groups excluding tert-OH is 1. The fourth-order valence-electron chi connectivity index (χ4n) is 8.11. The summed E-state index contributed by atoms with van der Waals surface area (Å²) in [7, 11) is -10.1. The van der Waals surface area contributed by atoms with Crippen LogP contribution in [0.25, 0.3) is 11.2 Å². The molecule has 26 heteroatoms. The smallest absolute Gasteiger partial charge is 0.474 e. The van der Waals surface area contributed by atoms with Crippen LogP contribution in [0.4, 0.5) is 5.95 Å². The number of fused-ring (bicyclic) bond motifs is 1. The number of hydrogen-bond acceptors (Lipinski definition) is 19. The van der Waals surface area contributed by atoms with E-state index in [0.29, 0.717) is 18.8 Å². The second-order valence-corrected chi connectivity index (χ2v) is 30.3. The highest BCUT2D eigenvalue weighted by molar-refractivity contribution is 8.07. The number of nitriles is 1. The van der Waals surface area contributed by atoms with Gasteiger partial charge in [0.25, 0.3) is 5.56 Å². The number of imidazole rings is 1. The van der Waals surface area contributed by atoms with Gasteiger partial charge in [-0.05, 0) is 46.3 Å². The molecule has 0 aromatic carbocycles. The van der Waals surface area contributed by atoms with Crippen LogP contribution in [-0.4, -0.2) is 118 Å². The van der Waals surface area contributed by atoms with Crippen molar-refractivity contribution in [2.24, 2.45) is 11.8 Å². The van der Waals surface area contributed by atoms with Crippen molar-refractivity contribution in [1.29, 1.82) is 5.26 Å². The molecule has 3 aromatic heterocycles. The molecule has 1 saturated carbocycles. The number of aromatic nitrogens is 6. The van der Waals surface area contributed by atoms with Gasteiger partial charge in [-0.25, -0.2) is 15.0 Å². The molecule has 3 aromatic rings. The predicted octanol–water partition coefficient (Wildman–Crippen LogP) is 6.23. The molecule has 1 aliphatic carbocycles. The van der Waals surface area contributed by atoms with Crippen molar-refractivity contribution < 1.29 is 55.5 Å². The van der Waals surface area contributed by atoms with Gasteiger partial charge in [0.1, 0.15) is 36.8 Å². The van der Waals surface area contributed by atoms with E-state index in [-0.39, 0.29) is 71.3 Å². The number of rotatable bonds is 25. The van der Waals surface area contributed by atoms with E-state index in [1.54, 1.807) is 6.07 Å². The fourth-order valence-corrected chi connectivity index (χ4v) is 20.6. The molecule has 5 N–H and O–H groups in total. The van der Waals surface area contributed by atoms with E-state index in [2.05, 4.69) is 25.3 Å². The van der Waals surface area contributed by atoms with Gasteiger partial charge < -0.3 is 42.3 Å². The standard InChI is InChI=1S/C39H64N8O13P2SSi2/c1-23(2)18-42-39-45-36-33(37(49)46-39)44-22-47(36)38-35(34(31(19-48)56-38)59-65(26(7)8,27(9)10)60-64(52,24(3)4)25(5)6)58-62(63,53-15-11-13-40)54-20-28-16-29(17-30(28)57-61(50)51)55-32-12-14-41-21-43-32/h12,14,21-31,34-35,38,48,52H,11,15-20H2,1-10H3,(H2-,42,45,46,49,50,51)/p+1/t28-,29-,30+,31-,34-,35-,38-,62+/m1/s1. The van der Waals surface area contributed by atoms with E-state index in [1.807, 2.05) is 75.3 Å². The van der Waals surface area contributed by atoms with Gasteiger partial charge in [0.15, 0.2) is 17.4 Å². The average Bonchev–Trinajstić information content (AvgIpc) is 3.93. The minimum absolute atomic E-state index is 0.00268. The molecular weight excluding hydrogens is 939 g/mol. The molecule has 65 heavy (non-hydrogen) atoms. The van der Waals surface area contributed by atoms with Gasteiger partial charge in [-0.3, -0.25) is 18.9 Å². The molecule has 362 valence electrons. The van der Waals surface area contributed by atoms with Crippen LogP contribution in [-0.2, 0) is 47.7 Å². The molecule has 1 saturated heterocycles. The monoisotopic (exact) mass is 1000 g/mol. The van der Waals surface area contributed by atoms with Crippen molar-refractivity contribution in [3.8, 4) is 11.9 Å². The maximum Gasteiger partial charge on any atom is 0.695 e. The number of nitrogens with one attached hydrogen (secondary N) is 2. The largest absolute Gasteiger partial charge is 0.695 e. The number of aliphatic hydroxyl groups is 1. The first-order valence-electron chi connectivity index (χ1n) is 21.9. The van der Waals surface area contributed by atoms with Crippen LogP contribution < -0.4 is 15.6 Å². The molecule has 2 aliphatic rings. The minimum Gasteiger partial charge on any atom is -0.474 e. The van der Waals surface area contributed by atoms with Crippen LogP contribution >= 0.6 is 15.0 Å². The third-order valence-electron chi connectivity index (χ3n) is 11.6. The Kier molecular flexibility index (Phi) is 18.9. The summed E-state index contributed by atoms with van der Waals surface area (Å²) in [5.41, 5.74) is -1.30. The Labute approximate surface area is 388 Å². The number of aromatic amines is 1. The Hall–Kier alpha value is -2.70. The fraction of sp³-hybridized carbons (Fsp3) is 0.744. The quantitative estimate of drug-likeness (QED) is 0.0357.